The summed E-state index contributed by atoms with van der Waals surface area (Å²) in [7, 11) is -4.04. The molecule has 3 fully saturated rings. The zero-order valence-electron chi connectivity index (χ0n) is 23.4. The van der Waals surface area contributed by atoms with E-state index in [2.05, 4.69) is 0 Å². The summed E-state index contributed by atoms with van der Waals surface area (Å²) in [6.45, 7) is 0.461. The largest absolute Gasteiger partial charge is 2.00 e. The maximum atomic E-state index is 13.4. The number of hydrogen-bond donors (Lipinski definition) is 1. The summed E-state index contributed by atoms with van der Waals surface area (Å²) in [5.74, 6) is 2.11. The summed E-state index contributed by atoms with van der Waals surface area (Å²) in [4.78, 5) is 0. The summed E-state index contributed by atoms with van der Waals surface area (Å²) < 4.78 is 44.5. The number of benzene rings is 3. The molecule has 2 heterocycles. The third-order valence-electron chi connectivity index (χ3n) is 7.41. The monoisotopic (exact) mass is 668 g/mol. The van der Waals surface area contributed by atoms with Crippen molar-refractivity contribution in [3.8, 4) is 17.2 Å². The van der Waals surface area contributed by atoms with E-state index in [-0.39, 0.29) is 35.0 Å². The van der Waals surface area contributed by atoms with Crippen LogP contribution in [0, 0.1) is 63.7 Å². The van der Waals surface area contributed by atoms with Crippen LogP contribution in [0.5, 0.6) is 17.2 Å². The van der Waals surface area contributed by atoms with Gasteiger partial charge in [0.15, 0.2) is 0 Å². The van der Waals surface area contributed by atoms with E-state index >= 15 is 0 Å². The number of fused-ring (bicyclic) bond motifs is 2. The number of hydrogen-bond acceptors (Lipinski definition) is 6. The minimum absolute atomic E-state index is 0. The first-order chi connectivity index (χ1) is 20.9. The zero-order valence-corrected chi connectivity index (χ0v) is 26.1. The maximum Gasteiger partial charge on any atom is 2.00 e. The van der Waals surface area contributed by atoms with E-state index < -0.39 is 27.6 Å². The molecule has 9 heteroatoms. The smallest absolute Gasteiger partial charge is 0.508 e. The van der Waals surface area contributed by atoms with Gasteiger partial charge in [-0.15, -0.1) is 0 Å². The molecule has 4 aliphatic rings. The van der Waals surface area contributed by atoms with E-state index in [1.165, 1.54) is 6.07 Å². The molecule has 44 heavy (non-hydrogen) atoms. The van der Waals surface area contributed by atoms with Gasteiger partial charge in [0.2, 0.25) is 0 Å². The van der Waals surface area contributed by atoms with Crippen LogP contribution in [-0.4, -0.2) is 37.6 Å². The molecule has 10 radical (unpaired) electrons. The first-order valence-electron chi connectivity index (χ1n) is 13.9. The molecule has 6 nitrogen and oxygen atoms in total. The number of aromatic hydroxyl groups is 1. The fourth-order valence-corrected chi connectivity index (χ4v) is 7.02. The van der Waals surface area contributed by atoms with Crippen molar-refractivity contribution in [1.82, 2.24) is 0 Å². The van der Waals surface area contributed by atoms with Gasteiger partial charge < -0.3 is 18.8 Å². The van der Waals surface area contributed by atoms with Crippen LogP contribution >= 0.6 is 11.6 Å². The summed E-state index contributed by atoms with van der Waals surface area (Å²) in [6.07, 6.45) is 17.0. The molecule has 224 valence electrons. The van der Waals surface area contributed by atoms with E-state index in [1.54, 1.807) is 30.3 Å². The van der Waals surface area contributed by atoms with Gasteiger partial charge >= 0.3 is 27.2 Å². The second kappa shape index (κ2) is 14.7. The molecule has 0 amide bonds. The van der Waals surface area contributed by atoms with Crippen molar-refractivity contribution < 1.29 is 44.2 Å². The van der Waals surface area contributed by atoms with E-state index in [1.807, 2.05) is 94.2 Å². The van der Waals surface area contributed by atoms with Crippen LogP contribution in [0.3, 0.4) is 0 Å². The van der Waals surface area contributed by atoms with Gasteiger partial charge in [-0.1, -0.05) is 41.9 Å². The van der Waals surface area contributed by atoms with Crippen LogP contribution < -0.4 is 8.92 Å². The zero-order chi connectivity index (χ0) is 29.8. The molecule has 1 saturated heterocycles. The quantitative estimate of drug-likeness (QED) is 0.212. The summed E-state index contributed by atoms with van der Waals surface area (Å²) >= 11 is 6.03. The van der Waals surface area contributed by atoms with Crippen molar-refractivity contribution in [2.45, 2.75) is 23.9 Å². The van der Waals surface area contributed by atoms with Crippen LogP contribution in [0.1, 0.15) is 17.5 Å². The molecule has 2 saturated carbocycles. The van der Waals surface area contributed by atoms with Crippen molar-refractivity contribution in [1.29, 1.82) is 0 Å². The van der Waals surface area contributed by atoms with E-state index in [0.717, 1.165) is 28.2 Å². The molecule has 3 atom stereocenters. The summed E-state index contributed by atoms with van der Waals surface area (Å²) in [5.41, 5.74) is 3.41. The number of phenolic OH excluding ortho intramolecular Hbond substituents is 1. The van der Waals surface area contributed by atoms with Crippen LogP contribution in [0.25, 0.3) is 11.1 Å². The van der Waals surface area contributed by atoms with E-state index in [0.29, 0.717) is 17.4 Å². The molecule has 0 spiro atoms. The minimum atomic E-state index is -4.04. The minimum Gasteiger partial charge on any atom is -0.508 e. The molecule has 2 aliphatic heterocycles. The average molecular weight is 669 g/mol. The van der Waals surface area contributed by atoms with Gasteiger partial charge in [0, 0.05) is 23.4 Å². The molecule has 3 aromatic rings. The molecule has 7 rings (SSSR count). The van der Waals surface area contributed by atoms with Gasteiger partial charge in [-0.25, -0.2) is 0 Å². The topological polar surface area (TPSA) is 82.1 Å². The predicted octanol–water partition coefficient (Wildman–Crippen LogP) is 6.71. The standard InChI is InChI=1S/C30H24ClO6S.C5H5.Fe/c31-22-6-3-7-25(16-22)37-38(33,34)27-17-26-28(20-8-12-23(32)13-9-20)29(30(27)36-26)21-10-14-24(15-11-21)35-18-19-4-1-2-5-19;1-2-4-5-3-1;/h1-16,26-27,30,32H,17-18H2;1-5H;/q;;+2/t26-,27+,30+;;/m1../s1. The van der Waals surface area contributed by atoms with E-state index in [9.17, 15) is 13.5 Å². The summed E-state index contributed by atoms with van der Waals surface area (Å²) in [5, 5.41) is 9.30. The summed E-state index contributed by atoms with van der Waals surface area (Å²) in [6, 6.07) is 20.8. The fraction of sp³-hybridized carbons (Fsp3) is 0.143. The first kappa shape index (κ1) is 32.9. The average Bonchev–Trinajstić information content (AvgIpc) is 3.83. The van der Waals surface area contributed by atoms with Crippen LogP contribution in [-0.2, 0) is 31.9 Å². The second-order valence-electron chi connectivity index (χ2n) is 10.3. The molecule has 2 aliphatic carbocycles. The predicted molar refractivity (Wildman–Crippen MR) is 167 cm³/mol. The molecule has 1 N–H and O–H groups in total. The number of halogens is 1. The SMILES string of the molecule is O=S(=O)(Oc1cccc(Cl)c1)[C@H]1C[C@H]2O[C@@H]1C(c1ccc(OC[C]3[CH][CH][CH][CH]3)cc1)=C2c1ccc(O)cc1.[CH]1[CH][CH][CH][CH]1.[Fe+2]. The van der Waals surface area contributed by atoms with Crippen molar-refractivity contribution in [3.63, 3.8) is 0 Å². The van der Waals surface area contributed by atoms with Crippen LogP contribution in [0.4, 0.5) is 0 Å². The van der Waals surface area contributed by atoms with Gasteiger partial charge in [-0.05, 0) is 116 Å². The first-order valence-corrected chi connectivity index (χ1v) is 15.7. The van der Waals surface area contributed by atoms with Crippen LogP contribution in [0.2, 0.25) is 5.02 Å². The Morgan fingerprint density at radius 2 is 1.41 bits per heavy atom. The molecule has 0 aromatic heterocycles. The fourth-order valence-electron chi connectivity index (χ4n) is 5.44. The van der Waals surface area contributed by atoms with Crippen LogP contribution in [0.15, 0.2) is 72.8 Å². The van der Waals surface area contributed by atoms with E-state index in [4.69, 9.17) is 25.3 Å². The Balaban J connectivity index is 0.000000584. The van der Waals surface area contributed by atoms with Crippen molar-refractivity contribution >= 4 is 32.9 Å². The third kappa shape index (κ3) is 7.66. The Bertz CT molecular complexity index is 1520. The van der Waals surface area contributed by atoms with Crippen molar-refractivity contribution in [2.75, 3.05) is 6.61 Å². The number of ether oxygens (including phenoxy) is 2. The maximum absolute atomic E-state index is 13.4. The van der Waals surface area contributed by atoms with Gasteiger partial charge in [0.05, 0.1) is 12.7 Å². The Hall–Kier alpha value is -2.48. The Labute approximate surface area is 276 Å². The molecular weight excluding hydrogens is 640 g/mol. The Kier molecular flexibility index (Phi) is 11.0. The van der Waals surface area contributed by atoms with Crippen molar-refractivity contribution in [2.24, 2.45) is 0 Å². The molecule has 0 unspecified atom stereocenters. The third-order valence-corrected chi connectivity index (χ3v) is 9.25. The number of phenols is 1. The van der Waals surface area contributed by atoms with Crippen molar-refractivity contribution in [3.05, 3.63) is 153 Å². The second-order valence-corrected chi connectivity index (χ2v) is 12.5. The normalized spacial score (nSPS) is 22.8. The molecule has 2 bridgehead atoms. The molecular formula is C35H29ClFeO6S+2. The number of rotatable bonds is 8. The van der Waals surface area contributed by atoms with Gasteiger partial charge in [-0.3, -0.25) is 0 Å². The van der Waals surface area contributed by atoms with Gasteiger partial charge in [-0.2, -0.15) is 8.42 Å². The Morgan fingerprint density at radius 3 is 2.05 bits per heavy atom. The van der Waals surface area contributed by atoms with Gasteiger partial charge in [0.25, 0.3) is 0 Å². The Morgan fingerprint density at radius 1 is 0.795 bits per heavy atom. The van der Waals surface area contributed by atoms with Gasteiger partial charge in [0.1, 0.15) is 28.6 Å². The molecule has 3 aromatic carbocycles.